The first-order valence-corrected chi connectivity index (χ1v) is 17.6. The largest absolute Gasteiger partial charge is 0.490 e. The van der Waals surface area contributed by atoms with Crippen LogP contribution in [0.2, 0.25) is 0 Å². The lowest BCUT2D eigenvalue weighted by Gasteiger charge is -2.26. The first-order chi connectivity index (χ1) is 26.5. The fourth-order valence-corrected chi connectivity index (χ4v) is 4.85. The number of unbranched alkanes of at least 4 members (excludes halogenated alkanes) is 2. The highest BCUT2D eigenvalue weighted by atomic mass is 19.4. The summed E-state index contributed by atoms with van der Waals surface area (Å²) in [4.78, 5) is 91.3. The van der Waals surface area contributed by atoms with Crippen LogP contribution in [0.15, 0.2) is 35.3 Å². The monoisotopic (exact) mass is 803 g/mol. The molecule has 23 heteroatoms. The summed E-state index contributed by atoms with van der Waals surface area (Å²) in [5, 5.41) is 22.6. The van der Waals surface area contributed by atoms with Crippen molar-refractivity contribution in [1.82, 2.24) is 31.9 Å². The van der Waals surface area contributed by atoms with Gasteiger partial charge in [-0.2, -0.15) is 13.2 Å². The summed E-state index contributed by atoms with van der Waals surface area (Å²) < 4.78 is 37.2. The molecule has 4 atom stereocenters. The highest BCUT2D eigenvalue weighted by Gasteiger charge is 2.38. The van der Waals surface area contributed by atoms with E-state index in [4.69, 9.17) is 37.6 Å². The van der Waals surface area contributed by atoms with E-state index in [1.165, 1.54) is 0 Å². The zero-order valence-electron chi connectivity index (χ0n) is 30.7. The van der Waals surface area contributed by atoms with Gasteiger partial charge in [0.15, 0.2) is 5.96 Å². The number of nitrogens with one attached hydrogen (secondary N) is 6. The Bertz CT molecular complexity index is 1470. The Morgan fingerprint density at radius 1 is 0.750 bits per heavy atom. The number of amides is 6. The van der Waals surface area contributed by atoms with Crippen molar-refractivity contribution in [2.75, 3.05) is 39.5 Å². The molecule has 20 nitrogen and oxygen atoms in total. The minimum absolute atomic E-state index is 0.00722. The van der Waals surface area contributed by atoms with Crippen LogP contribution >= 0.6 is 0 Å². The van der Waals surface area contributed by atoms with Crippen molar-refractivity contribution < 1.29 is 56.6 Å². The number of hydrogen-bond donors (Lipinski definition) is 11. The SMILES string of the molecule is NCCCC[C@@H]1NC(=O)[C@H](CCCCN)NC(=O)[C@H](Cc2ccccc2)NC(=O)CNC(=O)CNC(=O)[C@H](N=C(N)N)CCOCNC1=O.O=C(O)C(F)(F)F. The van der Waals surface area contributed by atoms with Crippen LogP contribution in [0.1, 0.15) is 50.5 Å². The molecule has 1 aromatic rings. The number of rotatable bonds is 11. The van der Waals surface area contributed by atoms with E-state index in [0.717, 1.165) is 5.56 Å². The van der Waals surface area contributed by atoms with Crippen molar-refractivity contribution in [1.29, 1.82) is 0 Å². The number of benzene rings is 1. The number of hydrogen-bond acceptors (Lipinski definition) is 11. The van der Waals surface area contributed by atoms with Gasteiger partial charge in [0.05, 0.1) is 19.7 Å². The third kappa shape index (κ3) is 20.8. The topological polar surface area (TPSA) is 338 Å². The lowest BCUT2D eigenvalue weighted by Crippen LogP contribution is -2.57. The highest BCUT2D eigenvalue weighted by Crippen LogP contribution is 2.13. The molecule has 2 rings (SSSR count). The van der Waals surface area contributed by atoms with Gasteiger partial charge in [0.2, 0.25) is 35.4 Å². The molecule has 0 saturated carbocycles. The van der Waals surface area contributed by atoms with E-state index in [2.05, 4.69) is 36.9 Å². The van der Waals surface area contributed by atoms with Crippen molar-refractivity contribution in [2.24, 2.45) is 27.9 Å². The fourth-order valence-electron chi connectivity index (χ4n) is 4.85. The van der Waals surface area contributed by atoms with Crippen LogP contribution in [0.4, 0.5) is 13.2 Å². The van der Waals surface area contributed by atoms with Crippen LogP contribution in [0, 0.1) is 0 Å². The molecular weight excluding hydrogens is 751 g/mol. The summed E-state index contributed by atoms with van der Waals surface area (Å²) in [7, 11) is 0. The zero-order chi connectivity index (χ0) is 42.1. The third-order valence-electron chi connectivity index (χ3n) is 7.70. The summed E-state index contributed by atoms with van der Waals surface area (Å²) in [5.74, 6) is -6.93. The number of nitrogens with two attached hydrogens (primary N) is 4. The van der Waals surface area contributed by atoms with Crippen molar-refractivity contribution >= 4 is 47.4 Å². The van der Waals surface area contributed by atoms with Crippen LogP contribution in [0.5, 0.6) is 0 Å². The number of aliphatic carboxylic acids is 1. The number of alkyl halides is 3. The van der Waals surface area contributed by atoms with Gasteiger partial charge in [0.1, 0.15) is 30.9 Å². The predicted octanol–water partition coefficient (Wildman–Crippen LogP) is -3.06. The second-order valence-electron chi connectivity index (χ2n) is 12.3. The first kappa shape index (κ1) is 48.5. The number of nitrogens with zero attached hydrogens (tertiary/aromatic N) is 1. The molecule has 0 unspecified atom stereocenters. The fraction of sp³-hybridized carbons (Fsp3) is 0.576. The van der Waals surface area contributed by atoms with Gasteiger partial charge in [-0.1, -0.05) is 30.3 Å². The second kappa shape index (κ2) is 26.3. The van der Waals surface area contributed by atoms with Crippen LogP contribution in [-0.2, 0) is 44.7 Å². The van der Waals surface area contributed by atoms with Gasteiger partial charge < -0.3 is 64.7 Å². The number of guanidine groups is 1. The van der Waals surface area contributed by atoms with Gasteiger partial charge in [0.25, 0.3) is 0 Å². The van der Waals surface area contributed by atoms with Gasteiger partial charge >= 0.3 is 12.1 Å². The van der Waals surface area contributed by atoms with Crippen molar-refractivity contribution in [2.45, 2.75) is 81.7 Å². The van der Waals surface area contributed by atoms with Crippen LogP contribution in [0.25, 0.3) is 0 Å². The molecule has 314 valence electrons. The molecule has 1 aromatic carbocycles. The van der Waals surface area contributed by atoms with E-state index in [1.54, 1.807) is 30.3 Å². The molecule has 1 saturated heterocycles. The van der Waals surface area contributed by atoms with E-state index in [1.807, 2.05) is 0 Å². The van der Waals surface area contributed by atoms with E-state index in [9.17, 15) is 41.9 Å². The minimum Gasteiger partial charge on any atom is -0.475 e. The Balaban J connectivity index is 0.00000203. The van der Waals surface area contributed by atoms with Gasteiger partial charge in [-0.15, -0.1) is 0 Å². The number of aliphatic imine (C=N–C) groups is 1. The molecule has 0 radical (unpaired) electrons. The van der Waals surface area contributed by atoms with Gasteiger partial charge in [-0.05, 0) is 57.2 Å². The Kier molecular flexibility index (Phi) is 22.8. The third-order valence-corrected chi connectivity index (χ3v) is 7.70. The maximum absolute atomic E-state index is 13.7. The molecule has 0 bridgehead atoms. The highest BCUT2D eigenvalue weighted by molar-refractivity contribution is 5.95. The van der Waals surface area contributed by atoms with E-state index >= 15 is 0 Å². The lowest BCUT2D eigenvalue weighted by molar-refractivity contribution is -0.192. The zero-order valence-corrected chi connectivity index (χ0v) is 30.7. The average molecular weight is 804 g/mol. The molecule has 15 N–H and O–H groups in total. The Labute approximate surface area is 320 Å². The quantitative estimate of drug-likeness (QED) is 0.0602. The molecule has 0 spiro atoms. The summed E-state index contributed by atoms with van der Waals surface area (Å²) in [6.45, 7) is -0.520. The van der Waals surface area contributed by atoms with Gasteiger partial charge in [-0.3, -0.25) is 28.8 Å². The molecule has 6 amide bonds. The smallest absolute Gasteiger partial charge is 0.475 e. The van der Waals surface area contributed by atoms with Crippen LogP contribution in [-0.4, -0.2) is 122 Å². The van der Waals surface area contributed by atoms with E-state index in [-0.39, 0.29) is 45.0 Å². The molecule has 0 aliphatic carbocycles. The molecule has 1 aliphatic rings. The Morgan fingerprint density at radius 3 is 1.82 bits per heavy atom. The Morgan fingerprint density at radius 2 is 1.29 bits per heavy atom. The number of halogens is 3. The summed E-state index contributed by atoms with van der Waals surface area (Å²) >= 11 is 0. The van der Waals surface area contributed by atoms with Crippen molar-refractivity contribution in [3.8, 4) is 0 Å². The second-order valence-corrected chi connectivity index (χ2v) is 12.3. The molecule has 0 aromatic heterocycles. The maximum atomic E-state index is 13.7. The van der Waals surface area contributed by atoms with Crippen molar-refractivity contribution in [3.63, 3.8) is 0 Å². The minimum atomic E-state index is -5.08. The van der Waals surface area contributed by atoms with Crippen molar-refractivity contribution in [3.05, 3.63) is 35.9 Å². The molecule has 1 heterocycles. The number of ether oxygens (including phenoxy) is 1. The number of carboxylic acids is 1. The normalized spacial score (nSPS) is 21.1. The predicted molar refractivity (Wildman–Crippen MR) is 195 cm³/mol. The van der Waals surface area contributed by atoms with Crippen LogP contribution < -0.4 is 54.8 Å². The first-order valence-electron chi connectivity index (χ1n) is 17.6. The average Bonchev–Trinajstić information content (AvgIpc) is 3.14. The molecule has 1 fully saturated rings. The van der Waals surface area contributed by atoms with Crippen LogP contribution in [0.3, 0.4) is 0 Å². The van der Waals surface area contributed by atoms with Gasteiger partial charge in [-0.25, -0.2) is 9.79 Å². The molecule has 1 aliphatic heterocycles. The number of carboxylic acid groups (broad SMARTS) is 1. The number of carbonyl (C=O) groups excluding carboxylic acids is 6. The Hall–Kier alpha value is -5.55. The summed E-state index contributed by atoms with van der Waals surface area (Å²) in [5.41, 5.74) is 23.0. The van der Waals surface area contributed by atoms with E-state index in [0.29, 0.717) is 38.8 Å². The van der Waals surface area contributed by atoms with E-state index < -0.39 is 84.8 Å². The summed E-state index contributed by atoms with van der Waals surface area (Å²) in [6, 6.07) is 4.66. The standard InChI is InChI=1S/C31H51N11O7.C2HF3O2/c32-13-6-4-10-21-28(46)38-19-49-15-12-23(42-31(34)35)27(45)37-17-25(43)36-18-26(44)39-24(16-20-8-2-1-3-9-20)30(48)41-22(29(47)40-21)11-5-7-14-33;3-2(4,5)1(6)7/h1-3,8-9,21-24H,4-7,10-19,32-33H2,(H,36,43)(H,37,45)(H,38,46)(H,39,44)(H,40,47)(H,41,48)(H4,34,35,42);(H,6,7)/t21-,22-,23+,24-;/m0./s1. The molecule has 56 heavy (non-hydrogen) atoms. The molecular formula is C33H52F3N11O9. The summed E-state index contributed by atoms with van der Waals surface area (Å²) in [6.07, 6.45) is -2.26. The maximum Gasteiger partial charge on any atom is 0.490 e. The lowest BCUT2D eigenvalue weighted by atomic mass is 10.0. The van der Waals surface area contributed by atoms with Gasteiger partial charge in [0, 0.05) is 12.8 Å². The number of carbonyl (C=O) groups is 7.